The number of esters is 2. The van der Waals surface area contributed by atoms with Gasteiger partial charge in [0, 0.05) is 24.0 Å². The molecule has 3 aromatic rings. The molecule has 1 N–H and O–H groups in total. The Morgan fingerprint density at radius 3 is 2.85 bits per heavy atom. The van der Waals surface area contributed by atoms with Crippen molar-refractivity contribution in [2.24, 2.45) is 0 Å². The van der Waals surface area contributed by atoms with E-state index < -0.39 is 17.5 Å². The van der Waals surface area contributed by atoms with E-state index in [2.05, 4.69) is 5.32 Å². The Labute approximate surface area is 192 Å². The SMILES string of the molecule is CC[C@@]1(OC(=O)CNC(C)C)C(=O)OCc2c1cc1n(c2=O)Cc2cc3ccccc3nc2-1.[HH]. The largest absolute Gasteiger partial charge is 0.457 e. The number of fused-ring (bicyclic) bond motifs is 5. The number of rotatable bonds is 5. The minimum atomic E-state index is -1.67. The molecule has 1 atom stereocenters. The Kier molecular flexibility index (Phi) is 5.05. The summed E-state index contributed by atoms with van der Waals surface area (Å²) in [6.45, 7) is 5.74. The van der Waals surface area contributed by atoms with Gasteiger partial charge in [0.2, 0.25) is 5.60 Å². The molecule has 0 spiro atoms. The Hall–Kier alpha value is -3.52. The van der Waals surface area contributed by atoms with E-state index in [4.69, 9.17) is 14.5 Å². The maximum absolute atomic E-state index is 13.5. The van der Waals surface area contributed by atoms with Gasteiger partial charge in [-0.1, -0.05) is 39.0 Å². The molecule has 0 saturated carbocycles. The Balaban J connectivity index is 0.00000274. The fourth-order valence-corrected chi connectivity index (χ4v) is 4.60. The van der Waals surface area contributed by atoms with Gasteiger partial charge in [-0.15, -0.1) is 0 Å². The van der Waals surface area contributed by atoms with Gasteiger partial charge in [0.1, 0.15) is 6.61 Å². The zero-order chi connectivity index (χ0) is 23.3. The van der Waals surface area contributed by atoms with E-state index in [9.17, 15) is 14.4 Å². The molecule has 0 fully saturated rings. The molecule has 0 saturated heterocycles. The second-order valence-corrected chi connectivity index (χ2v) is 8.77. The number of pyridine rings is 2. The van der Waals surface area contributed by atoms with E-state index >= 15 is 0 Å². The molecule has 2 aliphatic heterocycles. The third-order valence-corrected chi connectivity index (χ3v) is 6.33. The quantitative estimate of drug-likeness (QED) is 0.468. The highest BCUT2D eigenvalue weighted by molar-refractivity contribution is 5.88. The standard InChI is InChI=1S/C25H25N3O5.H2/c1-4-25(33-21(29)11-26-14(2)3)18-10-20-22-16(9-15-7-5-6-8-19(15)27-22)12-28(20)23(30)17(18)13-32-24(25)31;/h5-10,14,26H,4,11-13H2,1-3H3;1H/t25-;/m0./s1. The minimum Gasteiger partial charge on any atom is -0.457 e. The number of ether oxygens (including phenoxy) is 2. The number of hydrogen-bond donors (Lipinski definition) is 1. The van der Waals surface area contributed by atoms with Gasteiger partial charge in [-0.3, -0.25) is 9.59 Å². The number of nitrogens with zero attached hydrogens (tertiary/aromatic N) is 2. The summed E-state index contributed by atoms with van der Waals surface area (Å²) >= 11 is 0. The monoisotopic (exact) mass is 449 g/mol. The molecule has 8 nitrogen and oxygen atoms in total. The summed E-state index contributed by atoms with van der Waals surface area (Å²) in [6, 6.07) is 11.7. The average Bonchev–Trinajstić information content (AvgIpc) is 3.16. The van der Waals surface area contributed by atoms with Gasteiger partial charge >= 0.3 is 11.9 Å². The first-order valence-electron chi connectivity index (χ1n) is 11.1. The van der Waals surface area contributed by atoms with E-state index in [0.29, 0.717) is 29.1 Å². The Bertz CT molecular complexity index is 1370. The maximum atomic E-state index is 13.5. The van der Waals surface area contributed by atoms with Crippen LogP contribution in [0.2, 0.25) is 0 Å². The number of para-hydroxylation sites is 1. The first-order valence-corrected chi connectivity index (χ1v) is 11.1. The highest BCUT2D eigenvalue weighted by atomic mass is 16.6. The predicted molar refractivity (Wildman–Crippen MR) is 124 cm³/mol. The number of benzene rings is 1. The average molecular weight is 450 g/mol. The first-order chi connectivity index (χ1) is 15.8. The van der Waals surface area contributed by atoms with E-state index in [0.717, 1.165) is 16.5 Å². The third-order valence-electron chi connectivity index (χ3n) is 6.33. The summed E-state index contributed by atoms with van der Waals surface area (Å²) in [6.07, 6.45) is 0.146. The van der Waals surface area contributed by atoms with E-state index in [1.54, 1.807) is 17.6 Å². The van der Waals surface area contributed by atoms with Gasteiger partial charge in [0.05, 0.1) is 35.6 Å². The molecule has 2 aromatic heterocycles. The van der Waals surface area contributed by atoms with Gasteiger partial charge in [-0.05, 0) is 24.6 Å². The summed E-state index contributed by atoms with van der Waals surface area (Å²) < 4.78 is 12.7. The van der Waals surface area contributed by atoms with Crippen LogP contribution in [-0.4, -0.2) is 34.1 Å². The fourth-order valence-electron chi connectivity index (χ4n) is 4.60. The second-order valence-electron chi connectivity index (χ2n) is 8.77. The van der Waals surface area contributed by atoms with E-state index in [-0.39, 0.29) is 32.6 Å². The van der Waals surface area contributed by atoms with Crippen molar-refractivity contribution >= 4 is 22.8 Å². The Morgan fingerprint density at radius 2 is 2.09 bits per heavy atom. The summed E-state index contributed by atoms with van der Waals surface area (Å²) in [5.74, 6) is -1.25. The van der Waals surface area contributed by atoms with Gasteiger partial charge in [0.25, 0.3) is 5.56 Å². The number of nitrogens with one attached hydrogen (secondary N) is 1. The molecule has 5 rings (SSSR count). The van der Waals surface area contributed by atoms with Crippen molar-refractivity contribution < 1.29 is 20.5 Å². The van der Waals surface area contributed by atoms with Gasteiger partial charge < -0.3 is 19.4 Å². The predicted octanol–water partition coefficient (Wildman–Crippen LogP) is 2.87. The van der Waals surface area contributed by atoms with Crippen LogP contribution in [0.4, 0.5) is 0 Å². The topological polar surface area (TPSA) is 99.5 Å². The zero-order valence-electron chi connectivity index (χ0n) is 18.8. The molecule has 2 aliphatic rings. The van der Waals surface area contributed by atoms with E-state index in [1.807, 2.05) is 44.2 Å². The van der Waals surface area contributed by atoms with Gasteiger partial charge in [-0.25, -0.2) is 9.78 Å². The highest BCUT2D eigenvalue weighted by Crippen LogP contribution is 2.40. The Morgan fingerprint density at radius 1 is 1.30 bits per heavy atom. The summed E-state index contributed by atoms with van der Waals surface area (Å²) in [7, 11) is 0. The molecule has 0 aliphatic carbocycles. The van der Waals surface area contributed by atoms with Crippen LogP contribution in [0.25, 0.3) is 22.3 Å². The smallest absolute Gasteiger partial charge is 0.355 e. The molecule has 0 bridgehead atoms. The molecule has 8 heteroatoms. The van der Waals surface area contributed by atoms with Crippen molar-refractivity contribution in [2.45, 2.75) is 52.0 Å². The molecule has 0 unspecified atom stereocenters. The number of hydrogen-bond acceptors (Lipinski definition) is 7. The molecule has 172 valence electrons. The van der Waals surface area contributed by atoms with Crippen LogP contribution in [0.15, 0.2) is 41.2 Å². The van der Waals surface area contributed by atoms with Crippen LogP contribution < -0.4 is 10.9 Å². The molecule has 4 heterocycles. The first kappa shape index (κ1) is 21.3. The van der Waals surface area contributed by atoms with Gasteiger partial charge in [0.15, 0.2) is 0 Å². The maximum Gasteiger partial charge on any atom is 0.355 e. The molecule has 0 amide bonds. The van der Waals surface area contributed by atoms with Crippen LogP contribution in [-0.2, 0) is 37.8 Å². The number of aromatic nitrogens is 2. The molecular weight excluding hydrogens is 422 g/mol. The van der Waals surface area contributed by atoms with Crippen LogP contribution in [0.1, 0.15) is 45.3 Å². The van der Waals surface area contributed by atoms with E-state index in [1.165, 1.54) is 0 Å². The minimum absolute atomic E-state index is 0. The normalized spacial score (nSPS) is 18.6. The van der Waals surface area contributed by atoms with Crippen molar-refractivity contribution in [3.8, 4) is 11.4 Å². The van der Waals surface area contributed by atoms with Crippen LogP contribution in [0.3, 0.4) is 0 Å². The van der Waals surface area contributed by atoms with Crippen molar-refractivity contribution in [2.75, 3.05) is 6.54 Å². The van der Waals surface area contributed by atoms with Crippen molar-refractivity contribution in [1.82, 2.24) is 14.9 Å². The molecule has 33 heavy (non-hydrogen) atoms. The van der Waals surface area contributed by atoms with Crippen molar-refractivity contribution in [3.05, 3.63) is 63.4 Å². The highest BCUT2D eigenvalue weighted by Gasteiger charge is 2.50. The van der Waals surface area contributed by atoms with Crippen molar-refractivity contribution in [1.29, 1.82) is 0 Å². The second kappa shape index (κ2) is 7.81. The molecular formula is C25H27N3O5. The lowest BCUT2D eigenvalue weighted by Crippen LogP contribution is -2.48. The number of carbonyl (C=O) groups is 2. The van der Waals surface area contributed by atoms with Crippen LogP contribution in [0, 0.1) is 0 Å². The third kappa shape index (κ3) is 3.33. The molecule has 0 radical (unpaired) electrons. The van der Waals surface area contributed by atoms with Gasteiger partial charge in [-0.2, -0.15) is 0 Å². The summed E-state index contributed by atoms with van der Waals surface area (Å²) in [4.78, 5) is 43.8. The lowest BCUT2D eigenvalue weighted by atomic mass is 9.85. The van der Waals surface area contributed by atoms with Crippen molar-refractivity contribution in [3.63, 3.8) is 0 Å². The number of cyclic esters (lactones) is 1. The summed E-state index contributed by atoms with van der Waals surface area (Å²) in [5.41, 5.74) is 1.86. The lowest BCUT2D eigenvalue weighted by Gasteiger charge is -2.35. The number of carbonyl (C=O) groups excluding carboxylic acids is 2. The van der Waals surface area contributed by atoms with Crippen LogP contribution in [0.5, 0.6) is 0 Å². The summed E-state index contributed by atoms with van der Waals surface area (Å²) in [5, 5.41) is 3.99. The fraction of sp³-hybridized carbons (Fsp3) is 0.360. The lowest BCUT2D eigenvalue weighted by molar-refractivity contribution is -0.189. The molecule has 1 aromatic carbocycles. The zero-order valence-corrected chi connectivity index (χ0v) is 18.8. The van der Waals surface area contributed by atoms with Crippen LogP contribution >= 0.6 is 0 Å².